The average Bonchev–Trinajstić information content (AvgIpc) is 2.59. The molecule has 84 valence electrons. The van der Waals surface area contributed by atoms with Gasteiger partial charge in [-0.25, -0.2) is 0 Å². The molecule has 0 amide bonds. The van der Waals surface area contributed by atoms with E-state index in [1.165, 1.54) is 0 Å². The van der Waals surface area contributed by atoms with E-state index < -0.39 is 0 Å². The number of anilines is 1. The molecule has 2 rings (SSSR count). The van der Waals surface area contributed by atoms with Crippen LogP contribution >= 0.6 is 23.2 Å². The van der Waals surface area contributed by atoms with Gasteiger partial charge in [0.2, 0.25) is 5.88 Å². The number of nitrogens with two attached hydrogens (primary N) is 1. The fourth-order valence-corrected chi connectivity index (χ4v) is 2.05. The molecule has 0 aliphatic heterocycles. The van der Waals surface area contributed by atoms with Crippen LogP contribution in [0.2, 0.25) is 10.0 Å². The highest BCUT2D eigenvalue weighted by Gasteiger charge is 2.16. The van der Waals surface area contributed by atoms with Crippen molar-refractivity contribution in [2.45, 2.75) is 13.3 Å². The topological polar surface area (TPSA) is 52.0 Å². The average molecular weight is 257 g/mol. The van der Waals surface area contributed by atoms with Gasteiger partial charge in [-0.15, -0.1) is 0 Å². The van der Waals surface area contributed by atoms with Crippen molar-refractivity contribution in [3.8, 4) is 11.3 Å². The van der Waals surface area contributed by atoms with Gasteiger partial charge in [0.15, 0.2) is 0 Å². The van der Waals surface area contributed by atoms with Crippen LogP contribution in [0.3, 0.4) is 0 Å². The molecule has 1 aromatic heterocycles. The van der Waals surface area contributed by atoms with Gasteiger partial charge in [0.25, 0.3) is 0 Å². The Hall–Kier alpha value is -1.19. The third-order valence-electron chi connectivity index (χ3n) is 2.36. The number of aromatic nitrogens is 1. The molecule has 0 atom stereocenters. The number of nitrogens with zero attached hydrogens (tertiary/aromatic N) is 1. The zero-order valence-corrected chi connectivity index (χ0v) is 10.1. The fraction of sp³-hybridized carbons (Fsp3) is 0.182. The molecule has 0 spiro atoms. The molecule has 0 aliphatic rings. The van der Waals surface area contributed by atoms with Gasteiger partial charge in [-0.1, -0.05) is 35.3 Å². The first-order chi connectivity index (χ1) is 7.63. The summed E-state index contributed by atoms with van der Waals surface area (Å²) in [5.74, 6) is 0.337. The molecule has 3 nitrogen and oxygen atoms in total. The zero-order chi connectivity index (χ0) is 11.7. The molecular formula is C11H10Cl2N2O. The summed E-state index contributed by atoms with van der Waals surface area (Å²) in [5, 5.41) is 5.04. The summed E-state index contributed by atoms with van der Waals surface area (Å²) < 4.78 is 4.96. The van der Waals surface area contributed by atoms with Crippen molar-refractivity contribution in [2.75, 3.05) is 5.73 Å². The third kappa shape index (κ3) is 1.88. The van der Waals surface area contributed by atoms with E-state index in [0.29, 0.717) is 21.6 Å². The van der Waals surface area contributed by atoms with Crippen LogP contribution in [0.25, 0.3) is 11.3 Å². The Morgan fingerprint density at radius 2 is 2.12 bits per heavy atom. The van der Waals surface area contributed by atoms with E-state index in [0.717, 1.165) is 17.5 Å². The van der Waals surface area contributed by atoms with Gasteiger partial charge in [0.1, 0.15) is 5.69 Å². The van der Waals surface area contributed by atoms with Crippen LogP contribution in [0.5, 0.6) is 0 Å². The second kappa shape index (κ2) is 4.36. The molecule has 0 radical (unpaired) electrons. The van der Waals surface area contributed by atoms with Gasteiger partial charge < -0.3 is 10.3 Å². The maximum atomic E-state index is 6.10. The Morgan fingerprint density at radius 1 is 1.38 bits per heavy atom. The van der Waals surface area contributed by atoms with Crippen molar-refractivity contribution in [3.05, 3.63) is 33.8 Å². The van der Waals surface area contributed by atoms with Crippen molar-refractivity contribution in [3.63, 3.8) is 0 Å². The molecule has 16 heavy (non-hydrogen) atoms. The van der Waals surface area contributed by atoms with Gasteiger partial charge in [0, 0.05) is 16.1 Å². The summed E-state index contributed by atoms with van der Waals surface area (Å²) in [4.78, 5) is 0. The van der Waals surface area contributed by atoms with Crippen LogP contribution in [-0.4, -0.2) is 5.16 Å². The number of benzene rings is 1. The molecule has 1 aromatic carbocycles. The van der Waals surface area contributed by atoms with Gasteiger partial charge >= 0.3 is 0 Å². The lowest BCUT2D eigenvalue weighted by Gasteiger charge is -2.02. The number of halogens is 2. The second-order valence-corrected chi connectivity index (χ2v) is 4.20. The van der Waals surface area contributed by atoms with Crippen LogP contribution < -0.4 is 5.73 Å². The van der Waals surface area contributed by atoms with Crippen LogP contribution in [0.1, 0.15) is 12.5 Å². The smallest absolute Gasteiger partial charge is 0.225 e. The minimum absolute atomic E-state index is 0.337. The molecule has 2 N–H and O–H groups in total. The molecule has 0 fully saturated rings. The molecule has 0 unspecified atom stereocenters. The van der Waals surface area contributed by atoms with E-state index in [4.69, 9.17) is 33.5 Å². The molecule has 0 aliphatic carbocycles. The summed E-state index contributed by atoms with van der Waals surface area (Å²) in [6.07, 6.45) is 0.740. The lowest BCUT2D eigenvalue weighted by Crippen LogP contribution is -1.90. The Kier molecular flexibility index (Phi) is 3.08. The monoisotopic (exact) mass is 256 g/mol. The highest BCUT2D eigenvalue weighted by Crippen LogP contribution is 2.33. The van der Waals surface area contributed by atoms with Crippen LogP contribution in [0.4, 0.5) is 5.88 Å². The Balaban J connectivity index is 2.58. The van der Waals surface area contributed by atoms with Gasteiger partial charge in [-0.05, 0) is 24.6 Å². The Labute approximate surface area is 103 Å². The highest BCUT2D eigenvalue weighted by atomic mass is 35.5. The SMILES string of the molecule is CCc1c(-c2ccc(Cl)cc2Cl)noc1N. The summed E-state index contributed by atoms with van der Waals surface area (Å²) in [6, 6.07) is 5.23. The van der Waals surface area contributed by atoms with Gasteiger partial charge in [-0.3, -0.25) is 0 Å². The van der Waals surface area contributed by atoms with E-state index >= 15 is 0 Å². The minimum atomic E-state index is 0.337. The first-order valence-corrected chi connectivity index (χ1v) is 5.58. The maximum Gasteiger partial charge on any atom is 0.225 e. The van der Waals surface area contributed by atoms with E-state index in [9.17, 15) is 0 Å². The zero-order valence-electron chi connectivity index (χ0n) is 8.63. The number of hydrogen-bond donors (Lipinski definition) is 1. The molecule has 0 saturated heterocycles. The predicted octanol–water partition coefficient (Wildman–Crippen LogP) is 3.79. The van der Waals surface area contributed by atoms with Gasteiger partial charge in [0.05, 0.1) is 5.02 Å². The quantitative estimate of drug-likeness (QED) is 0.890. The summed E-state index contributed by atoms with van der Waals surface area (Å²) in [5.41, 5.74) is 8.00. The first-order valence-electron chi connectivity index (χ1n) is 4.83. The van der Waals surface area contributed by atoms with Crippen molar-refractivity contribution in [2.24, 2.45) is 0 Å². The van der Waals surface area contributed by atoms with E-state index in [1.54, 1.807) is 18.2 Å². The van der Waals surface area contributed by atoms with Crippen molar-refractivity contribution in [1.29, 1.82) is 0 Å². The summed E-state index contributed by atoms with van der Waals surface area (Å²) >= 11 is 11.9. The van der Waals surface area contributed by atoms with Crippen LogP contribution in [0.15, 0.2) is 22.7 Å². The molecule has 0 saturated carbocycles. The van der Waals surface area contributed by atoms with Crippen LogP contribution in [-0.2, 0) is 6.42 Å². The molecular weight excluding hydrogens is 247 g/mol. The summed E-state index contributed by atoms with van der Waals surface area (Å²) in [7, 11) is 0. The lowest BCUT2D eigenvalue weighted by molar-refractivity contribution is 0.438. The molecule has 0 bridgehead atoms. The normalized spacial score (nSPS) is 10.7. The molecule has 2 aromatic rings. The van der Waals surface area contributed by atoms with Crippen molar-refractivity contribution < 1.29 is 4.52 Å². The number of rotatable bonds is 2. The van der Waals surface area contributed by atoms with E-state index in [1.807, 2.05) is 6.92 Å². The number of hydrogen-bond acceptors (Lipinski definition) is 3. The third-order valence-corrected chi connectivity index (χ3v) is 2.91. The maximum absolute atomic E-state index is 6.10. The van der Waals surface area contributed by atoms with Crippen molar-refractivity contribution in [1.82, 2.24) is 5.16 Å². The lowest BCUT2D eigenvalue weighted by atomic mass is 10.1. The highest BCUT2D eigenvalue weighted by molar-refractivity contribution is 6.36. The standard InChI is InChI=1S/C11H10Cl2N2O/c1-2-7-10(15-16-11(7)14)8-4-3-6(12)5-9(8)13/h3-5H,2,14H2,1H3. The second-order valence-electron chi connectivity index (χ2n) is 3.35. The largest absolute Gasteiger partial charge is 0.367 e. The van der Waals surface area contributed by atoms with Gasteiger partial charge in [-0.2, -0.15) is 0 Å². The molecule has 1 heterocycles. The first kappa shape index (κ1) is 11.3. The number of nitrogen functional groups attached to an aromatic ring is 1. The molecule has 5 heteroatoms. The summed E-state index contributed by atoms with van der Waals surface area (Å²) in [6.45, 7) is 1.98. The fourth-order valence-electron chi connectivity index (χ4n) is 1.56. The Bertz CT molecular complexity index is 523. The minimum Gasteiger partial charge on any atom is -0.367 e. The predicted molar refractivity (Wildman–Crippen MR) is 65.7 cm³/mol. The Morgan fingerprint density at radius 3 is 2.75 bits per heavy atom. The van der Waals surface area contributed by atoms with E-state index in [2.05, 4.69) is 5.16 Å². The van der Waals surface area contributed by atoms with E-state index in [-0.39, 0.29) is 0 Å². The van der Waals surface area contributed by atoms with Crippen LogP contribution in [0, 0.1) is 0 Å². The van der Waals surface area contributed by atoms with Crippen molar-refractivity contribution >= 4 is 29.1 Å².